The van der Waals surface area contributed by atoms with E-state index in [9.17, 15) is 8.42 Å². The Hall–Kier alpha value is -1.73. The number of rotatable bonds is 4. The normalized spacial score (nSPS) is 11.5. The van der Waals surface area contributed by atoms with Crippen LogP contribution in [0, 0.1) is 0 Å². The van der Waals surface area contributed by atoms with E-state index in [0.717, 1.165) is 0 Å². The van der Waals surface area contributed by atoms with E-state index in [1.165, 1.54) is 18.3 Å². The minimum atomic E-state index is -3.73. The number of H-pyrrole nitrogens is 1. The summed E-state index contributed by atoms with van der Waals surface area (Å²) in [5.74, 6) is 0.601. The fraction of sp³-hybridized carbons (Fsp3) is 0.182. The number of aromatic nitrogens is 2. The topological polar surface area (TPSA) is 101 Å². The molecule has 0 aliphatic carbocycles. The number of anilines is 2. The number of aromatic amines is 1. The molecule has 1 aromatic carbocycles. The predicted octanol–water partition coefficient (Wildman–Crippen LogP) is 2.01. The number of hydrogen-bond acceptors (Lipinski definition) is 4. The van der Waals surface area contributed by atoms with Crippen LogP contribution >= 0.6 is 11.6 Å². The second kappa shape index (κ2) is 5.10. The summed E-state index contributed by atoms with van der Waals surface area (Å²) < 4.78 is 26.6. The van der Waals surface area contributed by atoms with Gasteiger partial charge in [-0.05, 0) is 18.2 Å². The van der Waals surface area contributed by atoms with Crippen LogP contribution < -0.4 is 10.5 Å². The Morgan fingerprint density at radius 2 is 2.21 bits per heavy atom. The highest BCUT2D eigenvalue weighted by molar-refractivity contribution is 7.92. The molecule has 0 aliphatic rings. The van der Waals surface area contributed by atoms with Crippen LogP contribution in [0.5, 0.6) is 0 Å². The van der Waals surface area contributed by atoms with Gasteiger partial charge in [-0.1, -0.05) is 18.5 Å². The van der Waals surface area contributed by atoms with Crippen LogP contribution in [0.15, 0.2) is 29.4 Å². The van der Waals surface area contributed by atoms with Gasteiger partial charge in [-0.2, -0.15) is 8.42 Å². The highest BCUT2D eigenvalue weighted by Gasteiger charge is 2.18. The Morgan fingerprint density at radius 1 is 1.47 bits per heavy atom. The van der Waals surface area contributed by atoms with Crippen LogP contribution in [0.1, 0.15) is 12.7 Å². The lowest BCUT2D eigenvalue weighted by molar-refractivity contribution is 0.598. The molecule has 0 aliphatic heterocycles. The van der Waals surface area contributed by atoms with Gasteiger partial charge in [0.05, 0.1) is 17.6 Å². The zero-order chi connectivity index (χ0) is 14.0. The summed E-state index contributed by atoms with van der Waals surface area (Å²) >= 11 is 5.75. The van der Waals surface area contributed by atoms with E-state index in [0.29, 0.717) is 17.3 Å². The third-order valence-corrected chi connectivity index (χ3v) is 4.00. The summed E-state index contributed by atoms with van der Waals surface area (Å²) in [4.78, 5) is 6.68. The van der Waals surface area contributed by atoms with Gasteiger partial charge >= 0.3 is 0 Å². The van der Waals surface area contributed by atoms with Gasteiger partial charge in [0.15, 0.2) is 5.03 Å². The van der Waals surface area contributed by atoms with Crippen molar-refractivity contribution in [3.63, 3.8) is 0 Å². The average Bonchev–Trinajstić information content (AvgIpc) is 2.82. The van der Waals surface area contributed by atoms with Crippen molar-refractivity contribution < 1.29 is 8.42 Å². The molecule has 0 saturated heterocycles. The van der Waals surface area contributed by atoms with Gasteiger partial charge in [-0.3, -0.25) is 4.72 Å². The van der Waals surface area contributed by atoms with Crippen molar-refractivity contribution >= 4 is 33.0 Å². The van der Waals surface area contributed by atoms with Crippen molar-refractivity contribution in [2.24, 2.45) is 0 Å². The zero-order valence-electron chi connectivity index (χ0n) is 10.1. The Balaban J connectivity index is 2.30. The molecule has 8 heteroatoms. The summed E-state index contributed by atoms with van der Waals surface area (Å²) in [6.07, 6.45) is 1.89. The Kier molecular flexibility index (Phi) is 3.68. The van der Waals surface area contributed by atoms with Crippen molar-refractivity contribution in [2.45, 2.75) is 18.4 Å². The average molecular weight is 301 g/mol. The van der Waals surface area contributed by atoms with Crippen molar-refractivity contribution in [1.82, 2.24) is 9.97 Å². The monoisotopic (exact) mass is 300 g/mol. The van der Waals surface area contributed by atoms with Crippen molar-refractivity contribution in [3.05, 3.63) is 35.2 Å². The number of nitrogens with zero attached hydrogens (tertiary/aromatic N) is 1. The van der Waals surface area contributed by atoms with Crippen LogP contribution in [-0.4, -0.2) is 18.4 Å². The molecule has 102 valence electrons. The molecule has 0 amide bonds. The minimum absolute atomic E-state index is 0.00120. The largest absolute Gasteiger partial charge is 0.397 e. The minimum Gasteiger partial charge on any atom is -0.397 e. The highest BCUT2D eigenvalue weighted by atomic mass is 35.5. The van der Waals surface area contributed by atoms with E-state index in [1.54, 1.807) is 6.07 Å². The lowest BCUT2D eigenvalue weighted by Crippen LogP contribution is -2.14. The predicted molar refractivity (Wildman–Crippen MR) is 74.6 cm³/mol. The van der Waals surface area contributed by atoms with Crippen LogP contribution in [0.4, 0.5) is 11.4 Å². The number of nitrogen functional groups attached to an aromatic ring is 1. The molecule has 0 spiro atoms. The molecule has 0 bridgehead atoms. The van der Waals surface area contributed by atoms with E-state index < -0.39 is 10.0 Å². The molecule has 6 nitrogen and oxygen atoms in total. The van der Waals surface area contributed by atoms with Gasteiger partial charge in [0, 0.05) is 11.4 Å². The maximum Gasteiger partial charge on any atom is 0.279 e. The number of aryl methyl sites for hydroxylation is 1. The number of halogens is 1. The van der Waals surface area contributed by atoms with Gasteiger partial charge in [-0.15, -0.1) is 0 Å². The van der Waals surface area contributed by atoms with E-state index >= 15 is 0 Å². The molecule has 1 heterocycles. The third kappa shape index (κ3) is 2.99. The number of sulfonamides is 1. The number of hydrogen-bond donors (Lipinski definition) is 3. The lowest BCUT2D eigenvalue weighted by Gasteiger charge is -2.09. The Bertz CT molecular complexity index is 696. The lowest BCUT2D eigenvalue weighted by atomic mass is 10.3. The number of benzene rings is 1. The highest BCUT2D eigenvalue weighted by Crippen LogP contribution is 2.24. The first-order valence-corrected chi connectivity index (χ1v) is 7.40. The van der Waals surface area contributed by atoms with Crippen molar-refractivity contribution in [3.8, 4) is 0 Å². The standard InChI is InChI=1S/C11H13ClN4O2S/c1-2-10-14-6-11(15-10)19(17,18)16-9-4-3-7(12)5-8(9)13/h3-6,16H,2,13H2,1H3,(H,14,15). The quantitative estimate of drug-likeness (QED) is 0.752. The summed E-state index contributed by atoms with van der Waals surface area (Å²) in [5.41, 5.74) is 6.23. The number of imidazole rings is 1. The first-order valence-electron chi connectivity index (χ1n) is 5.54. The Labute approximate surface area is 116 Å². The number of nitrogens with two attached hydrogens (primary N) is 1. The van der Waals surface area contributed by atoms with E-state index in [-0.39, 0.29) is 16.4 Å². The molecule has 0 unspecified atom stereocenters. The SMILES string of the molecule is CCc1ncc(S(=O)(=O)Nc2ccc(Cl)cc2N)[nH]1. The summed E-state index contributed by atoms with van der Waals surface area (Å²) in [7, 11) is -3.73. The maximum absolute atomic E-state index is 12.1. The maximum atomic E-state index is 12.1. The van der Waals surface area contributed by atoms with Crippen LogP contribution in [0.25, 0.3) is 0 Å². The first-order chi connectivity index (χ1) is 8.92. The molecule has 0 atom stereocenters. The van der Waals surface area contributed by atoms with Gasteiger partial charge < -0.3 is 10.7 Å². The molecular formula is C11H13ClN4O2S. The molecule has 2 rings (SSSR count). The summed E-state index contributed by atoms with van der Waals surface area (Å²) in [6, 6.07) is 4.54. The van der Waals surface area contributed by atoms with Crippen molar-refractivity contribution in [1.29, 1.82) is 0 Å². The smallest absolute Gasteiger partial charge is 0.279 e. The zero-order valence-corrected chi connectivity index (χ0v) is 11.7. The van der Waals surface area contributed by atoms with Gasteiger partial charge in [0.1, 0.15) is 5.82 Å². The number of nitrogens with one attached hydrogen (secondary N) is 2. The second-order valence-electron chi connectivity index (χ2n) is 3.88. The molecule has 1 aromatic heterocycles. The van der Waals surface area contributed by atoms with Crippen LogP contribution in [0.2, 0.25) is 5.02 Å². The Morgan fingerprint density at radius 3 is 2.79 bits per heavy atom. The van der Waals surface area contributed by atoms with Gasteiger partial charge in [0.25, 0.3) is 10.0 Å². The molecule has 0 radical (unpaired) electrons. The molecule has 2 aromatic rings. The van der Waals surface area contributed by atoms with E-state index in [1.807, 2.05) is 6.92 Å². The first kappa shape index (κ1) is 13.7. The third-order valence-electron chi connectivity index (χ3n) is 2.49. The van der Waals surface area contributed by atoms with Gasteiger partial charge in [-0.25, -0.2) is 4.98 Å². The van der Waals surface area contributed by atoms with Crippen LogP contribution in [-0.2, 0) is 16.4 Å². The van der Waals surface area contributed by atoms with Crippen molar-refractivity contribution in [2.75, 3.05) is 10.5 Å². The van der Waals surface area contributed by atoms with Crippen LogP contribution in [0.3, 0.4) is 0 Å². The van der Waals surface area contributed by atoms with E-state index in [4.69, 9.17) is 17.3 Å². The molecule has 0 fully saturated rings. The second-order valence-corrected chi connectivity index (χ2v) is 5.97. The molecule has 4 N–H and O–H groups in total. The summed E-state index contributed by atoms with van der Waals surface area (Å²) in [6.45, 7) is 1.87. The molecular weight excluding hydrogens is 288 g/mol. The molecule has 19 heavy (non-hydrogen) atoms. The fourth-order valence-corrected chi connectivity index (χ4v) is 2.70. The van der Waals surface area contributed by atoms with E-state index in [2.05, 4.69) is 14.7 Å². The molecule has 0 saturated carbocycles. The summed E-state index contributed by atoms with van der Waals surface area (Å²) in [5, 5.41) is 0.439. The van der Waals surface area contributed by atoms with Gasteiger partial charge in [0.2, 0.25) is 0 Å². The fourth-order valence-electron chi connectivity index (χ4n) is 1.49.